The number of hydrogen-bond donors (Lipinski definition) is 4. The van der Waals surface area contributed by atoms with E-state index in [-0.39, 0.29) is 0 Å². The fraction of sp³-hybridized carbons (Fsp3) is 0.561. The first kappa shape index (κ1) is 44.6. The molecule has 0 radical (unpaired) electrons. The molecule has 0 bridgehead atoms. The van der Waals surface area contributed by atoms with Crippen LogP contribution in [0.1, 0.15) is 89.7 Å². The van der Waals surface area contributed by atoms with Crippen molar-refractivity contribution in [1.29, 1.82) is 0 Å². The normalized spacial score (nSPS) is 14.9. The SMILES string of the molecule is C=C(NCCCNC)C1=CC(COC2CCCCC2)C1.C=Cc1ccc(S)cc1.CC.CCCNCCCc1ccccc1.COC. The minimum absolute atomic E-state index is 0.532. The van der Waals surface area contributed by atoms with Crippen LogP contribution in [0.3, 0.4) is 0 Å². The average molecular weight is 668 g/mol. The molecule has 1 saturated carbocycles. The molecule has 0 heterocycles. The van der Waals surface area contributed by atoms with Crippen molar-refractivity contribution in [3.8, 4) is 0 Å². The average Bonchev–Trinajstić information content (AvgIpc) is 3.09. The highest BCUT2D eigenvalue weighted by Crippen LogP contribution is 2.31. The fourth-order valence-electron chi connectivity index (χ4n) is 4.95. The first-order chi connectivity index (χ1) is 23.0. The molecule has 0 amide bonds. The predicted molar refractivity (Wildman–Crippen MR) is 211 cm³/mol. The van der Waals surface area contributed by atoms with Crippen LogP contribution in [0.4, 0.5) is 0 Å². The van der Waals surface area contributed by atoms with Crippen molar-refractivity contribution in [2.75, 3.05) is 54.1 Å². The summed E-state index contributed by atoms with van der Waals surface area (Å²) in [5.74, 6) is 0.614. The van der Waals surface area contributed by atoms with Gasteiger partial charge in [-0.1, -0.05) is 108 Å². The van der Waals surface area contributed by atoms with E-state index < -0.39 is 0 Å². The van der Waals surface area contributed by atoms with Crippen molar-refractivity contribution in [2.24, 2.45) is 5.92 Å². The number of ether oxygens (including phenoxy) is 2. The lowest BCUT2D eigenvalue weighted by Crippen LogP contribution is -2.27. The van der Waals surface area contributed by atoms with Gasteiger partial charge in [0.25, 0.3) is 0 Å². The number of nitrogens with one attached hydrogen (secondary N) is 3. The van der Waals surface area contributed by atoms with Gasteiger partial charge in [0.05, 0.1) is 12.7 Å². The van der Waals surface area contributed by atoms with Gasteiger partial charge < -0.3 is 25.4 Å². The zero-order valence-corrected chi connectivity index (χ0v) is 31.7. The first-order valence-corrected chi connectivity index (χ1v) is 18.4. The molecule has 5 nitrogen and oxygen atoms in total. The molecule has 2 aliphatic rings. The van der Waals surface area contributed by atoms with Crippen LogP contribution in [0, 0.1) is 5.92 Å². The van der Waals surface area contributed by atoms with Gasteiger partial charge >= 0.3 is 0 Å². The zero-order chi connectivity index (χ0) is 35.0. The Morgan fingerprint density at radius 2 is 1.55 bits per heavy atom. The minimum Gasteiger partial charge on any atom is -0.388 e. The summed E-state index contributed by atoms with van der Waals surface area (Å²) >= 11 is 4.14. The van der Waals surface area contributed by atoms with Gasteiger partial charge in [0, 0.05) is 37.3 Å². The molecule has 6 heteroatoms. The summed E-state index contributed by atoms with van der Waals surface area (Å²) in [6, 6.07) is 18.5. The lowest BCUT2D eigenvalue weighted by Gasteiger charge is -2.30. The smallest absolute Gasteiger partial charge is 0.0575 e. The van der Waals surface area contributed by atoms with Gasteiger partial charge in [-0.2, -0.15) is 0 Å². The Hall–Kier alpha value is -2.35. The van der Waals surface area contributed by atoms with Crippen LogP contribution in [0.25, 0.3) is 6.08 Å². The van der Waals surface area contributed by atoms with Gasteiger partial charge in [0.2, 0.25) is 0 Å². The molecule has 2 aromatic rings. The Kier molecular flexibility index (Phi) is 30.6. The molecule has 2 aromatic carbocycles. The molecule has 4 rings (SSSR count). The van der Waals surface area contributed by atoms with Crippen molar-refractivity contribution in [2.45, 2.75) is 96.0 Å². The molecule has 1 atom stereocenters. The molecule has 1 fully saturated rings. The van der Waals surface area contributed by atoms with Crippen molar-refractivity contribution in [3.63, 3.8) is 0 Å². The van der Waals surface area contributed by atoms with Crippen LogP contribution in [0.2, 0.25) is 0 Å². The van der Waals surface area contributed by atoms with Crippen molar-refractivity contribution in [1.82, 2.24) is 16.0 Å². The van der Waals surface area contributed by atoms with Crippen molar-refractivity contribution < 1.29 is 9.47 Å². The number of hydrogen-bond acceptors (Lipinski definition) is 6. The summed E-state index contributed by atoms with van der Waals surface area (Å²) in [6.45, 7) is 19.2. The third-order valence-corrected chi connectivity index (χ3v) is 7.86. The first-order valence-electron chi connectivity index (χ1n) is 17.9. The fourth-order valence-corrected chi connectivity index (χ4v) is 5.10. The predicted octanol–water partition coefficient (Wildman–Crippen LogP) is 9.52. The van der Waals surface area contributed by atoms with Gasteiger partial charge in [-0.25, -0.2) is 0 Å². The number of methoxy groups -OCH3 is 1. The summed E-state index contributed by atoms with van der Waals surface area (Å²) in [5.41, 5.74) is 5.07. The van der Waals surface area contributed by atoms with Gasteiger partial charge in [-0.3, -0.25) is 0 Å². The highest BCUT2D eigenvalue weighted by atomic mass is 32.1. The Balaban J connectivity index is 0.000000674. The van der Waals surface area contributed by atoms with E-state index >= 15 is 0 Å². The second kappa shape index (κ2) is 32.2. The third kappa shape index (κ3) is 24.5. The number of thiol groups is 1. The molecule has 0 spiro atoms. The van der Waals surface area contributed by atoms with E-state index in [0.717, 1.165) is 61.8 Å². The third-order valence-electron chi connectivity index (χ3n) is 7.56. The van der Waals surface area contributed by atoms with E-state index in [1.165, 1.54) is 62.5 Å². The van der Waals surface area contributed by atoms with E-state index in [1.807, 2.05) is 51.2 Å². The Morgan fingerprint density at radius 3 is 2.13 bits per heavy atom. The van der Waals surface area contributed by atoms with E-state index in [9.17, 15) is 0 Å². The van der Waals surface area contributed by atoms with Gasteiger partial charge in [0.1, 0.15) is 0 Å². The number of rotatable bonds is 16. The molecular weight excluding hydrogens is 599 g/mol. The molecule has 0 saturated heterocycles. The van der Waals surface area contributed by atoms with Crippen molar-refractivity contribution in [3.05, 3.63) is 96.2 Å². The zero-order valence-electron chi connectivity index (χ0n) is 30.8. The van der Waals surface area contributed by atoms with E-state index in [2.05, 4.69) is 89.8 Å². The Labute approximate surface area is 295 Å². The molecule has 266 valence electrons. The molecule has 1 unspecified atom stereocenters. The van der Waals surface area contributed by atoms with E-state index in [1.54, 1.807) is 14.2 Å². The summed E-state index contributed by atoms with van der Waals surface area (Å²) < 4.78 is 10.3. The summed E-state index contributed by atoms with van der Waals surface area (Å²) in [7, 11) is 5.24. The lowest BCUT2D eigenvalue weighted by atomic mass is 9.85. The largest absolute Gasteiger partial charge is 0.388 e. The monoisotopic (exact) mass is 668 g/mol. The summed E-state index contributed by atoms with van der Waals surface area (Å²) in [5, 5.41) is 9.96. The van der Waals surface area contributed by atoms with Gasteiger partial charge in [-0.05, 0) is 100 Å². The molecule has 0 aliphatic heterocycles. The standard InChI is InChI=1S/C17H30N2O.C12H19N.C8H8S.C2H6O.C2H6/c1-14(19-10-6-9-18-2)16-11-15(12-16)13-20-17-7-4-3-5-8-17;1-2-10-13-11-6-9-12-7-4-3-5-8-12;1-2-7-3-5-8(9)6-4-7;1-3-2;1-2/h11,15,17-19H,1,3-10,12-13H2,2H3;3-5,7-8,13H,2,6,9-11H2,1H3;2-6,9H,1H2;1-2H3;1-2H3. The van der Waals surface area contributed by atoms with Crippen LogP contribution in [0.5, 0.6) is 0 Å². The second-order valence-corrected chi connectivity index (χ2v) is 12.2. The maximum absolute atomic E-state index is 6.03. The highest BCUT2D eigenvalue weighted by molar-refractivity contribution is 7.80. The van der Waals surface area contributed by atoms with E-state index in [0.29, 0.717) is 12.0 Å². The number of benzene rings is 2. The number of allylic oxidation sites excluding steroid dienone is 1. The maximum Gasteiger partial charge on any atom is 0.0575 e. The molecule has 0 aromatic heterocycles. The lowest BCUT2D eigenvalue weighted by molar-refractivity contribution is 0.0127. The van der Waals surface area contributed by atoms with Crippen molar-refractivity contribution >= 4 is 18.7 Å². The second-order valence-electron chi connectivity index (χ2n) is 11.7. The molecule has 3 N–H and O–H groups in total. The van der Waals surface area contributed by atoms with Gasteiger partial charge in [-0.15, -0.1) is 12.6 Å². The topological polar surface area (TPSA) is 54.5 Å². The molecule has 2 aliphatic carbocycles. The van der Waals surface area contributed by atoms with Gasteiger partial charge in [0.15, 0.2) is 0 Å². The molecular formula is C41H69N3O2S. The number of aryl methyl sites for hydroxylation is 1. The summed E-state index contributed by atoms with van der Waals surface area (Å²) in [4.78, 5) is 0.987. The van der Waals surface area contributed by atoms with Crippen LogP contribution < -0.4 is 16.0 Å². The van der Waals surface area contributed by atoms with Crippen LogP contribution in [-0.2, 0) is 15.9 Å². The highest BCUT2D eigenvalue weighted by Gasteiger charge is 2.23. The Morgan fingerprint density at radius 1 is 0.915 bits per heavy atom. The van der Waals surface area contributed by atoms with Crippen LogP contribution in [0.15, 0.2) is 90.0 Å². The van der Waals surface area contributed by atoms with E-state index in [4.69, 9.17) is 4.74 Å². The van der Waals surface area contributed by atoms with Crippen LogP contribution >= 0.6 is 12.6 Å². The maximum atomic E-state index is 6.03. The summed E-state index contributed by atoms with van der Waals surface area (Å²) in [6.07, 6.45) is 17.2. The quantitative estimate of drug-likeness (QED) is 0.106. The van der Waals surface area contributed by atoms with Crippen LogP contribution in [-0.4, -0.2) is 60.2 Å². The molecule has 47 heavy (non-hydrogen) atoms. The Bertz CT molecular complexity index is 1020. The minimum atomic E-state index is 0.532.